The number of likely N-dealkylation sites (tertiary alicyclic amines) is 1. The van der Waals surface area contributed by atoms with E-state index in [2.05, 4.69) is 17.2 Å². The Bertz CT molecular complexity index is 678. The van der Waals surface area contributed by atoms with Crippen LogP contribution in [0.1, 0.15) is 46.8 Å². The van der Waals surface area contributed by atoms with Crippen molar-refractivity contribution in [3.63, 3.8) is 0 Å². The number of aromatic nitrogens is 2. The summed E-state index contributed by atoms with van der Waals surface area (Å²) in [5, 5.41) is 4.33. The Hall–Kier alpha value is -2.10. The number of benzene rings is 1. The molecule has 1 aliphatic carbocycles. The van der Waals surface area contributed by atoms with E-state index in [0.717, 1.165) is 44.3 Å². The third-order valence-corrected chi connectivity index (χ3v) is 4.93. The molecule has 22 heavy (non-hydrogen) atoms. The van der Waals surface area contributed by atoms with Crippen molar-refractivity contribution < 1.29 is 4.79 Å². The molecule has 0 unspecified atom stereocenters. The van der Waals surface area contributed by atoms with E-state index in [1.54, 1.807) is 6.20 Å². The topological polar surface area (TPSA) is 38.1 Å². The number of hydrogen-bond acceptors (Lipinski definition) is 2. The lowest BCUT2D eigenvalue weighted by molar-refractivity contribution is 0.0673. The second-order valence-corrected chi connectivity index (χ2v) is 6.37. The molecule has 4 rings (SSSR count). The third-order valence-electron chi connectivity index (χ3n) is 4.93. The maximum Gasteiger partial charge on any atom is 0.253 e. The molecular formula is C18H21N3O. The molecule has 2 aromatic rings. The number of carbonyl (C=O) groups is 1. The molecule has 1 aliphatic heterocycles. The summed E-state index contributed by atoms with van der Waals surface area (Å²) in [7, 11) is 0. The van der Waals surface area contributed by atoms with E-state index in [0.29, 0.717) is 6.04 Å². The maximum absolute atomic E-state index is 12.8. The quantitative estimate of drug-likeness (QED) is 0.854. The highest BCUT2D eigenvalue weighted by Crippen LogP contribution is 2.25. The fourth-order valence-electron chi connectivity index (χ4n) is 3.74. The minimum Gasteiger partial charge on any atom is -0.337 e. The van der Waals surface area contributed by atoms with Crippen LogP contribution in [0.15, 0.2) is 36.7 Å². The van der Waals surface area contributed by atoms with E-state index >= 15 is 0 Å². The van der Waals surface area contributed by atoms with Gasteiger partial charge in [0.05, 0.1) is 6.04 Å². The second-order valence-electron chi connectivity index (χ2n) is 6.37. The van der Waals surface area contributed by atoms with Gasteiger partial charge in [-0.25, -0.2) is 0 Å². The Morgan fingerprint density at radius 3 is 2.95 bits per heavy atom. The molecule has 0 N–H and O–H groups in total. The molecule has 4 heteroatoms. The molecule has 2 aliphatic rings. The fourth-order valence-corrected chi connectivity index (χ4v) is 3.74. The van der Waals surface area contributed by atoms with Crippen molar-refractivity contribution in [2.75, 3.05) is 13.1 Å². The van der Waals surface area contributed by atoms with E-state index in [4.69, 9.17) is 0 Å². The standard InChI is InChI=1S/C18H21N3O/c22-18(16-8-7-14-4-1-5-15(14)12-16)20-10-2-6-17(13-20)21-11-3-9-19-21/h3,7-9,11-12,17H,1-2,4-6,10,13H2/t17-/m1/s1. The van der Waals surface area contributed by atoms with Crippen molar-refractivity contribution >= 4 is 5.91 Å². The molecule has 2 heterocycles. The van der Waals surface area contributed by atoms with Gasteiger partial charge in [0.1, 0.15) is 0 Å². The molecule has 1 fully saturated rings. The van der Waals surface area contributed by atoms with Crippen LogP contribution in [0.3, 0.4) is 0 Å². The average Bonchev–Trinajstić information content (AvgIpc) is 3.25. The average molecular weight is 295 g/mol. The molecule has 0 radical (unpaired) electrons. The van der Waals surface area contributed by atoms with Crippen LogP contribution < -0.4 is 0 Å². The highest BCUT2D eigenvalue weighted by molar-refractivity contribution is 5.94. The van der Waals surface area contributed by atoms with Gasteiger partial charge in [0, 0.05) is 31.0 Å². The lowest BCUT2D eigenvalue weighted by atomic mass is 10.0. The van der Waals surface area contributed by atoms with Gasteiger partial charge >= 0.3 is 0 Å². The first-order chi connectivity index (χ1) is 10.8. The Kier molecular flexibility index (Phi) is 3.45. The predicted molar refractivity (Wildman–Crippen MR) is 84.9 cm³/mol. The number of rotatable bonds is 2. The smallest absolute Gasteiger partial charge is 0.253 e. The molecule has 1 saturated heterocycles. The number of carbonyl (C=O) groups excluding carboxylic acids is 1. The molecule has 4 nitrogen and oxygen atoms in total. The van der Waals surface area contributed by atoms with Crippen molar-refractivity contribution in [2.45, 2.75) is 38.1 Å². The highest BCUT2D eigenvalue weighted by Gasteiger charge is 2.26. The lowest BCUT2D eigenvalue weighted by Crippen LogP contribution is -2.40. The van der Waals surface area contributed by atoms with Crippen LogP contribution in [0.25, 0.3) is 0 Å². The Labute approximate surface area is 130 Å². The van der Waals surface area contributed by atoms with Gasteiger partial charge in [-0.2, -0.15) is 5.10 Å². The van der Waals surface area contributed by atoms with Crippen LogP contribution in [0.2, 0.25) is 0 Å². The number of nitrogens with zero attached hydrogens (tertiary/aromatic N) is 3. The molecule has 0 bridgehead atoms. The van der Waals surface area contributed by atoms with Crippen molar-refractivity contribution in [3.05, 3.63) is 53.3 Å². The van der Waals surface area contributed by atoms with Crippen molar-refractivity contribution in [1.29, 1.82) is 0 Å². The van der Waals surface area contributed by atoms with Crippen molar-refractivity contribution in [2.24, 2.45) is 0 Å². The fraction of sp³-hybridized carbons (Fsp3) is 0.444. The van der Waals surface area contributed by atoms with Crippen LogP contribution in [0, 0.1) is 0 Å². The maximum atomic E-state index is 12.8. The van der Waals surface area contributed by atoms with E-state index in [1.807, 2.05) is 27.9 Å². The van der Waals surface area contributed by atoms with Gasteiger partial charge in [0.15, 0.2) is 0 Å². The zero-order chi connectivity index (χ0) is 14.9. The zero-order valence-electron chi connectivity index (χ0n) is 12.7. The molecule has 114 valence electrons. The van der Waals surface area contributed by atoms with Gasteiger partial charge in [-0.3, -0.25) is 9.48 Å². The summed E-state index contributed by atoms with van der Waals surface area (Å²) in [6, 6.07) is 8.51. The largest absolute Gasteiger partial charge is 0.337 e. The summed E-state index contributed by atoms with van der Waals surface area (Å²) in [6.07, 6.45) is 9.44. The van der Waals surface area contributed by atoms with Gasteiger partial charge in [-0.05, 0) is 61.4 Å². The Morgan fingerprint density at radius 1 is 1.18 bits per heavy atom. The summed E-state index contributed by atoms with van der Waals surface area (Å²) in [5.41, 5.74) is 3.64. The summed E-state index contributed by atoms with van der Waals surface area (Å²) in [5.74, 6) is 0.173. The van der Waals surface area contributed by atoms with E-state index < -0.39 is 0 Å². The number of hydrogen-bond donors (Lipinski definition) is 0. The van der Waals surface area contributed by atoms with Crippen LogP contribution in [0.4, 0.5) is 0 Å². The van der Waals surface area contributed by atoms with E-state index in [1.165, 1.54) is 17.5 Å². The number of amides is 1. The molecule has 1 aromatic carbocycles. The van der Waals surface area contributed by atoms with Crippen LogP contribution in [0.5, 0.6) is 0 Å². The second kappa shape index (κ2) is 5.59. The summed E-state index contributed by atoms with van der Waals surface area (Å²) in [4.78, 5) is 14.8. The van der Waals surface area contributed by atoms with Crippen LogP contribution >= 0.6 is 0 Å². The Balaban J connectivity index is 1.52. The van der Waals surface area contributed by atoms with E-state index in [9.17, 15) is 4.79 Å². The molecule has 0 saturated carbocycles. The highest BCUT2D eigenvalue weighted by atomic mass is 16.2. The first-order valence-corrected chi connectivity index (χ1v) is 8.21. The van der Waals surface area contributed by atoms with Crippen LogP contribution in [-0.2, 0) is 12.8 Å². The van der Waals surface area contributed by atoms with Crippen molar-refractivity contribution in [1.82, 2.24) is 14.7 Å². The van der Waals surface area contributed by atoms with Gasteiger partial charge in [0.2, 0.25) is 0 Å². The van der Waals surface area contributed by atoms with Gasteiger partial charge in [0.25, 0.3) is 5.91 Å². The predicted octanol–water partition coefficient (Wildman–Crippen LogP) is 2.85. The van der Waals surface area contributed by atoms with Gasteiger partial charge in [-0.15, -0.1) is 0 Å². The van der Waals surface area contributed by atoms with E-state index in [-0.39, 0.29) is 5.91 Å². The normalized spacial score (nSPS) is 20.9. The lowest BCUT2D eigenvalue weighted by Gasteiger charge is -2.33. The summed E-state index contributed by atoms with van der Waals surface area (Å²) in [6.45, 7) is 1.62. The minimum absolute atomic E-state index is 0.173. The van der Waals surface area contributed by atoms with Gasteiger partial charge < -0.3 is 4.90 Å². The molecule has 1 amide bonds. The molecule has 0 spiro atoms. The number of piperidine rings is 1. The zero-order valence-corrected chi connectivity index (χ0v) is 12.7. The minimum atomic E-state index is 0.173. The molecular weight excluding hydrogens is 274 g/mol. The SMILES string of the molecule is O=C(c1ccc2c(c1)CCC2)N1CCC[C@@H](n2cccn2)C1. The monoisotopic (exact) mass is 295 g/mol. The Morgan fingerprint density at radius 2 is 2.09 bits per heavy atom. The number of fused-ring (bicyclic) bond motifs is 1. The number of aryl methyl sites for hydroxylation is 2. The molecule has 1 aromatic heterocycles. The van der Waals surface area contributed by atoms with Crippen molar-refractivity contribution in [3.8, 4) is 0 Å². The first-order valence-electron chi connectivity index (χ1n) is 8.21. The van der Waals surface area contributed by atoms with Crippen LogP contribution in [-0.4, -0.2) is 33.7 Å². The summed E-state index contributed by atoms with van der Waals surface area (Å²) >= 11 is 0. The summed E-state index contributed by atoms with van der Waals surface area (Å²) < 4.78 is 1.99. The first kappa shape index (κ1) is 13.6. The third kappa shape index (κ3) is 2.43. The van der Waals surface area contributed by atoms with Gasteiger partial charge in [-0.1, -0.05) is 6.07 Å². The molecule has 1 atom stereocenters.